The van der Waals surface area contributed by atoms with Gasteiger partial charge in [-0.1, -0.05) is 48.5 Å². The van der Waals surface area contributed by atoms with Gasteiger partial charge in [-0.05, 0) is 105 Å². The highest BCUT2D eigenvalue weighted by atomic mass is 16.6. The minimum absolute atomic E-state index is 0.0770. The average molecular weight is 601 g/mol. The smallest absolute Gasteiger partial charge is 0.408 e. The Morgan fingerprint density at radius 3 is 1.68 bits per heavy atom. The lowest BCUT2D eigenvalue weighted by molar-refractivity contribution is 0.0498. The summed E-state index contributed by atoms with van der Waals surface area (Å²) in [5, 5.41) is 14.9. The number of hydrogen-bond acceptors (Lipinski definition) is 5. The molecule has 3 N–H and O–H groups in total. The van der Waals surface area contributed by atoms with Crippen LogP contribution in [0.3, 0.4) is 0 Å². The van der Waals surface area contributed by atoms with E-state index in [0.29, 0.717) is 13.2 Å². The summed E-state index contributed by atoms with van der Waals surface area (Å²) >= 11 is 0. The molecule has 2 aliphatic rings. The van der Waals surface area contributed by atoms with Crippen molar-refractivity contribution in [2.45, 2.75) is 89.8 Å². The molecule has 0 unspecified atom stereocenters. The molecule has 0 fully saturated rings. The first-order valence-corrected chi connectivity index (χ1v) is 15.7. The van der Waals surface area contributed by atoms with Gasteiger partial charge in [-0.25, -0.2) is 9.59 Å². The predicted molar refractivity (Wildman–Crippen MR) is 170 cm³/mol. The number of hydrogen-bond donors (Lipinski definition) is 3. The van der Waals surface area contributed by atoms with E-state index in [-0.39, 0.29) is 18.2 Å². The lowest BCUT2D eigenvalue weighted by Crippen LogP contribution is -2.36. The Morgan fingerprint density at radius 2 is 1.23 bits per heavy atom. The summed E-state index contributed by atoms with van der Waals surface area (Å²) in [5.41, 5.74) is 6.29. The number of alkyl carbamates (subject to hydrolysis) is 1. The number of fused-ring (bicyclic) bond motifs is 2. The van der Waals surface area contributed by atoms with E-state index in [0.717, 1.165) is 79.6 Å². The maximum absolute atomic E-state index is 12.4. The summed E-state index contributed by atoms with van der Waals surface area (Å²) in [7, 11) is 0. The maximum atomic E-state index is 12.4. The Hall–Kier alpha value is -4.20. The molecule has 3 aromatic carbocycles. The van der Waals surface area contributed by atoms with E-state index in [1.165, 1.54) is 16.7 Å². The van der Waals surface area contributed by atoms with Gasteiger partial charge < -0.3 is 30.0 Å². The van der Waals surface area contributed by atoms with Gasteiger partial charge >= 0.3 is 12.2 Å². The van der Waals surface area contributed by atoms with Gasteiger partial charge in [0.05, 0.1) is 25.3 Å². The Labute approximate surface area is 260 Å². The molecular weight excluding hydrogens is 556 g/mol. The van der Waals surface area contributed by atoms with Crippen LogP contribution in [0.2, 0.25) is 0 Å². The second-order valence-electron chi connectivity index (χ2n) is 12.6. The van der Waals surface area contributed by atoms with Gasteiger partial charge in [-0.15, -0.1) is 0 Å². The number of amides is 2. The third-order valence-corrected chi connectivity index (χ3v) is 8.24. The molecule has 8 heteroatoms. The summed E-state index contributed by atoms with van der Waals surface area (Å²) in [6.45, 7) is 6.73. The minimum atomic E-state index is -0.994. The van der Waals surface area contributed by atoms with E-state index in [4.69, 9.17) is 14.2 Å². The lowest BCUT2D eigenvalue weighted by atomic mass is 9.87. The van der Waals surface area contributed by atoms with Crippen molar-refractivity contribution in [3.05, 3.63) is 94.0 Å². The molecule has 8 nitrogen and oxygen atoms in total. The van der Waals surface area contributed by atoms with Crippen LogP contribution in [-0.2, 0) is 30.4 Å². The summed E-state index contributed by atoms with van der Waals surface area (Å²) in [4.78, 5) is 23.6. The van der Waals surface area contributed by atoms with Crippen LogP contribution < -0.4 is 20.1 Å². The Kier molecular flexibility index (Phi) is 9.98. The number of nitrogens with one attached hydrogen (secondary N) is 2. The van der Waals surface area contributed by atoms with Gasteiger partial charge in [-0.2, -0.15) is 0 Å². The number of rotatable bonds is 10. The standard InChI is InChI=1S/C36H44N2O6/c1-36(2,3)44-35(41)38-31-13-5-11-29-27(31)9-7-15-33(29)43-23-21-25-18-16-24(17-19-25)20-22-42-32-14-6-8-26-28(32)10-4-12-30(26)37-34(39)40/h6-9,14-19,30-31,37H,4-5,10-13,20-23H2,1-3H3,(H,38,41)(H,39,40)/t30-,31-/m1/s1. The van der Waals surface area contributed by atoms with Gasteiger partial charge in [0.15, 0.2) is 0 Å². The first-order chi connectivity index (χ1) is 21.2. The normalized spacial score (nSPS) is 17.5. The quantitative estimate of drug-likeness (QED) is 0.223. The van der Waals surface area contributed by atoms with Crippen molar-refractivity contribution in [3.8, 4) is 11.5 Å². The number of carbonyl (C=O) groups is 2. The van der Waals surface area contributed by atoms with Crippen LogP contribution in [0.25, 0.3) is 0 Å². The zero-order valence-electron chi connectivity index (χ0n) is 26.0. The summed E-state index contributed by atoms with van der Waals surface area (Å²) in [5.74, 6) is 1.74. The molecule has 2 atom stereocenters. The van der Waals surface area contributed by atoms with E-state index >= 15 is 0 Å². The molecule has 2 amide bonds. The monoisotopic (exact) mass is 600 g/mol. The second-order valence-corrected chi connectivity index (χ2v) is 12.6. The number of carboxylic acid groups (broad SMARTS) is 1. The molecule has 3 aromatic rings. The average Bonchev–Trinajstić information content (AvgIpc) is 2.97. The van der Waals surface area contributed by atoms with E-state index in [1.54, 1.807) is 0 Å². The van der Waals surface area contributed by atoms with E-state index in [1.807, 2.05) is 51.1 Å². The Bertz CT molecular complexity index is 1450. The lowest BCUT2D eigenvalue weighted by Gasteiger charge is -2.29. The molecule has 0 spiro atoms. The molecule has 0 heterocycles. The van der Waals surface area contributed by atoms with Gasteiger partial charge in [-0.3, -0.25) is 0 Å². The second kappa shape index (κ2) is 14.1. The van der Waals surface area contributed by atoms with Crippen LogP contribution in [0, 0.1) is 0 Å². The van der Waals surface area contributed by atoms with Crippen LogP contribution in [0.1, 0.15) is 91.9 Å². The van der Waals surface area contributed by atoms with E-state index in [2.05, 4.69) is 41.0 Å². The zero-order chi connectivity index (χ0) is 31.1. The van der Waals surface area contributed by atoms with Crippen LogP contribution in [0.5, 0.6) is 11.5 Å². The topological polar surface area (TPSA) is 106 Å². The summed E-state index contributed by atoms with van der Waals surface area (Å²) in [6.07, 6.45) is 5.62. The van der Waals surface area contributed by atoms with Crippen LogP contribution >= 0.6 is 0 Å². The van der Waals surface area contributed by atoms with Gasteiger partial charge in [0, 0.05) is 12.8 Å². The molecule has 0 aliphatic heterocycles. The first-order valence-electron chi connectivity index (χ1n) is 15.7. The Morgan fingerprint density at radius 1 is 0.750 bits per heavy atom. The van der Waals surface area contributed by atoms with Crippen molar-refractivity contribution in [2.24, 2.45) is 0 Å². The molecule has 234 valence electrons. The molecule has 0 radical (unpaired) electrons. The number of carbonyl (C=O) groups excluding carboxylic acids is 1. The Balaban J connectivity index is 1.11. The van der Waals surface area contributed by atoms with Gasteiger partial charge in [0.1, 0.15) is 17.1 Å². The molecule has 5 rings (SSSR count). The van der Waals surface area contributed by atoms with E-state index in [9.17, 15) is 14.7 Å². The minimum Gasteiger partial charge on any atom is -0.493 e. The zero-order valence-corrected chi connectivity index (χ0v) is 26.0. The van der Waals surface area contributed by atoms with Crippen molar-refractivity contribution in [1.29, 1.82) is 0 Å². The number of ether oxygens (including phenoxy) is 3. The van der Waals surface area contributed by atoms with Crippen molar-refractivity contribution in [2.75, 3.05) is 13.2 Å². The van der Waals surface area contributed by atoms with Crippen molar-refractivity contribution in [3.63, 3.8) is 0 Å². The molecule has 2 aliphatic carbocycles. The molecular formula is C36H44N2O6. The molecule has 0 saturated heterocycles. The highest BCUT2D eigenvalue weighted by Gasteiger charge is 2.27. The largest absolute Gasteiger partial charge is 0.493 e. The summed E-state index contributed by atoms with van der Waals surface area (Å²) in [6, 6.07) is 20.3. The van der Waals surface area contributed by atoms with Gasteiger partial charge in [0.25, 0.3) is 0 Å². The maximum Gasteiger partial charge on any atom is 0.408 e. The summed E-state index contributed by atoms with van der Waals surface area (Å²) < 4.78 is 17.9. The third kappa shape index (κ3) is 8.24. The van der Waals surface area contributed by atoms with Crippen LogP contribution in [-0.4, -0.2) is 36.1 Å². The number of benzene rings is 3. The third-order valence-electron chi connectivity index (χ3n) is 8.24. The van der Waals surface area contributed by atoms with Crippen LogP contribution in [0.4, 0.5) is 9.59 Å². The molecule has 44 heavy (non-hydrogen) atoms. The molecule has 0 aromatic heterocycles. The fourth-order valence-corrected chi connectivity index (χ4v) is 6.23. The molecule has 0 saturated carbocycles. The fourth-order valence-electron chi connectivity index (χ4n) is 6.23. The van der Waals surface area contributed by atoms with Gasteiger partial charge in [0.2, 0.25) is 0 Å². The predicted octanol–water partition coefficient (Wildman–Crippen LogP) is 7.48. The fraction of sp³-hybridized carbons (Fsp3) is 0.444. The highest BCUT2D eigenvalue weighted by Crippen LogP contribution is 2.37. The SMILES string of the molecule is CC(C)(C)OC(=O)N[C@@H]1CCCc2c(OCCc3ccc(CCOc4cccc5c4CCC[C@H]5NC(=O)O)cc3)cccc21. The van der Waals surface area contributed by atoms with E-state index < -0.39 is 11.7 Å². The van der Waals surface area contributed by atoms with Crippen molar-refractivity contribution < 1.29 is 28.9 Å². The van der Waals surface area contributed by atoms with Crippen LogP contribution in [0.15, 0.2) is 60.7 Å². The van der Waals surface area contributed by atoms with Crippen molar-refractivity contribution in [1.82, 2.24) is 10.6 Å². The molecule has 0 bridgehead atoms. The highest BCUT2D eigenvalue weighted by molar-refractivity contribution is 5.69. The van der Waals surface area contributed by atoms with Crippen molar-refractivity contribution >= 4 is 12.2 Å². The first kappa shape index (κ1) is 31.2.